The molecule has 0 spiro atoms. The van der Waals surface area contributed by atoms with Crippen molar-refractivity contribution in [2.24, 2.45) is 4.99 Å². The molecule has 6 nitrogen and oxygen atoms in total. The van der Waals surface area contributed by atoms with Gasteiger partial charge in [-0.15, -0.1) is 35.3 Å². The Hall–Kier alpha value is -1.16. The second-order valence-electron chi connectivity index (χ2n) is 3.91. The van der Waals surface area contributed by atoms with Crippen LogP contribution in [0.15, 0.2) is 27.0 Å². The van der Waals surface area contributed by atoms with E-state index in [1.54, 1.807) is 25.3 Å². The highest BCUT2D eigenvalue weighted by Gasteiger charge is 2.03. The number of hydrogen-bond acceptors (Lipinski definition) is 5. The molecule has 2 heterocycles. The number of halogens is 1. The molecule has 0 fully saturated rings. The second-order valence-corrected chi connectivity index (χ2v) is 4.94. The first-order valence-electron chi connectivity index (χ1n) is 6.04. The Kier molecular flexibility index (Phi) is 7.52. The minimum Gasteiger partial charge on any atom is -0.356 e. The van der Waals surface area contributed by atoms with Crippen LogP contribution in [-0.4, -0.2) is 29.7 Å². The van der Waals surface area contributed by atoms with E-state index < -0.39 is 0 Å². The Balaban J connectivity index is 0.00000200. The van der Waals surface area contributed by atoms with Crippen LogP contribution < -0.4 is 10.6 Å². The highest BCUT2D eigenvalue weighted by molar-refractivity contribution is 14.0. The van der Waals surface area contributed by atoms with E-state index in [0.717, 1.165) is 18.9 Å². The van der Waals surface area contributed by atoms with Crippen molar-refractivity contribution in [1.29, 1.82) is 0 Å². The Morgan fingerprint density at radius 1 is 1.45 bits per heavy atom. The van der Waals surface area contributed by atoms with E-state index >= 15 is 0 Å². The third kappa shape index (κ3) is 5.45. The van der Waals surface area contributed by atoms with Crippen LogP contribution in [0.3, 0.4) is 0 Å². The molecule has 0 atom stereocenters. The van der Waals surface area contributed by atoms with E-state index in [1.807, 2.05) is 0 Å². The summed E-state index contributed by atoms with van der Waals surface area (Å²) >= 11 is 1.76. The summed E-state index contributed by atoms with van der Waals surface area (Å²) in [5.41, 5.74) is 0. The van der Waals surface area contributed by atoms with Gasteiger partial charge in [0.1, 0.15) is 0 Å². The Morgan fingerprint density at radius 3 is 2.90 bits per heavy atom. The summed E-state index contributed by atoms with van der Waals surface area (Å²) in [6.45, 7) is 3.10. The zero-order valence-electron chi connectivity index (χ0n) is 11.4. The predicted octanol–water partition coefficient (Wildman–Crippen LogP) is 1.97. The standard InChI is InChI=1S/C12H17N5OS.HI/c1-9-16-11(17-18-9)8-15-12(13-2)14-6-5-10-4-3-7-19-10;/h3-4,7H,5-6,8H2,1-2H3,(H2,13,14,15);1H. The number of hydrogen-bond donors (Lipinski definition) is 2. The molecule has 2 N–H and O–H groups in total. The van der Waals surface area contributed by atoms with E-state index in [0.29, 0.717) is 18.3 Å². The lowest BCUT2D eigenvalue weighted by Gasteiger charge is -2.09. The Bertz CT molecular complexity index is 526. The molecule has 0 bridgehead atoms. The van der Waals surface area contributed by atoms with Crippen molar-refractivity contribution in [1.82, 2.24) is 20.8 Å². The molecule has 8 heteroatoms. The Morgan fingerprint density at radius 2 is 2.30 bits per heavy atom. The molecule has 0 amide bonds. The van der Waals surface area contributed by atoms with Crippen LogP contribution in [0.25, 0.3) is 0 Å². The first-order valence-corrected chi connectivity index (χ1v) is 6.92. The number of aryl methyl sites for hydroxylation is 1. The number of rotatable bonds is 5. The van der Waals surface area contributed by atoms with Gasteiger partial charge in [-0.1, -0.05) is 11.2 Å². The van der Waals surface area contributed by atoms with E-state index in [9.17, 15) is 0 Å². The topological polar surface area (TPSA) is 75.3 Å². The highest BCUT2D eigenvalue weighted by Crippen LogP contribution is 2.07. The molecule has 0 aliphatic carbocycles. The van der Waals surface area contributed by atoms with E-state index in [1.165, 1.54) is 4.88 Å². The molecule has 0 saturated carbocycles. The monoisotopic (exact) mass is 407 g/mol. The van der Waals surface area contributed by atoms with Gasteiger partial charge < -0.3 is 15.2 Å². The minimum atomic E-state index is 0. The molecule has 0 aliphatic heterocycles. The molecular formula is C12H18IN5OS. The highest BCUT2D eigenvalue weighted by atomic mass is 127. The van der Waals surface area contributed by atoms with Crippen LogP contribution in [0.1, 0.15) is 16.6 Å². The molecule has 2 rings (SSSR count). The van der Waals surface area contributed by atoms with Crippen molar-refractivity contribution in [3.8, 4) is 0 Å². The molecule has 110 valence electrons. The van der Waals surface area contributed by atoms with Gasteiger partial charge in [0.25, 0.3) is 0 Å². The Labute approximate surface area is 139 Å². The molecule has 2 aromatic heterocycles. The van der Waals surface area contributed by atoms with Crippen LogP contribution >= 0.6 is 35.3 Å². The smallest absolute Gasteiger partial charge is 0.223 e. The summed E-state index contributed by atoms with van der Waals surface area (Å²) in [6, 6.07) is 4.19. The molecule has 0 unspecified atom stereocenters. The van der Waals surface area contributed by atoms with E-state index in [2.05, 4.69) is 43.3 Å². The fraction of sp³-hybridized carbons (Fsp3) is 0.417. The van der Waals surface area contributed by atoms with Crippen molar-refractivity contribution in [3.05, 3.63) is 34.1 Å². The van der Waals surface area contributed by atoms with Crippen molar-refractivity contribution >= 4 is 41.3 Å². The van der Waals surface area contributed by atoms with Crippen molar-refractivity contribution in [2.75, 3.05) is 13.6 Å². The quantitative estimate of drug-likeness (QED) is 0.451. The lowest BCUT2D eigenvalue weighted by molar-refractivity contribution is 0.387. The van der Waals surface area contributed by atoms with Crippen LogP contribution in [0.5, 0.6) is 0 Å². The van der Waals surface area contributed by atoms with E-state index in [4.69, 9.17) is 4.52 Å². The van der Waals surface area contributed by atoms with E-state index in [-0.39, 0.29) is 24.0 Å². The zero-order valence-corrected chi connectivity index (χ0v) is 14.6. The van der Waals surface area contributed by atoms with Crippen LogP contribution in [0.2, 0.25) is 0 Å². The average Bonchev–Trinajstić information content (AvgIpc) is 3.05. The molecule has 0 aromatic carbocycles. The average molecular weight is 407 g/mol. The third-order valence-electron chi connectivity index (χ3n) is 2.45. The van der Waals surface area contributed by atoms with Crippen molar-refractivity contribution in [2.45, 2.75) is 19.9 Å². The van der Waals surface area contributed by atoms with Gasteiger partial charge >= 0.3 is 0 Å². The van der Waals surface area contributed by atoms with Gasteiger partial charge in [0, 0.05) is 25.4 Å². The fourth-order valence-corrected chi connectivity index (χ4v) is 2.26. The predicted molar refractivity (Wildman–Crippen MR) is 90.7 cm³/mol. The number of aromatic nitrogens is 2. The minimum absolute atomic E-state index is 0. The number of guanidine groups is 1. The summed E-state index contributed by atoms with van der Waals surface area (Å²) < 4.78 is 4.90. The summed E-state index contributed by atoms with van der Waals surface area (Å²) in [7, 11) is 1.74. The van der Waals surface area contributed by atoms with Crippen molar-refractivity contribution < 1.29 is 4.52 Å². The summed E-state index contributed by atoms with van der Waals surface area (Å²) in [6.07, 6.45) is 0.986. The fourth-order valence-electron chi connectivity index (χ4n) is 1.56. The summed E-state index contributed by atoms with van der Waals surface area (Å²) in [5, 5.41) is 12.3. The van der Waals surface area contributed by atoms with Gasteiger partial charge in [-0.05, 0) is 17.9 Å². The van der Waals surface area contributed by atoms with Crippen LogP contribution in [-0.2, 0) is 13.0 Å². The van der Waals surface area contributed by atoms with Gasteiger partial charge in [0.2, 0.25) is 5.89 Å². The SMILES string of the molecule is CN=C(NCCc1cccs1)NCc1noc(C)n1.I. The zero-order chi connectivity index (χ0) is 13.5. The molecule has 0 aliphatic rings. The molecule has 0 radical (unpaired) electrons. The maximum Gasteiger partial charge on any atom is 0.223 e. The first kappa shape index (κ1) is 16.9. The normalized spacial score (nSPS) is 11.0. The summed E-state index contributed by atoms with van der Waals surface area (Å²) in [4.78, 5) is 9.61. The molecule has 2 aromatic rings. The number of aliphatic imine (C=N–C) groups is 1. The van der Waals surface area contributed by atoms with Gasteiger partial charge in [0.05, 0.1) is 6.54 Å². The molecular weight excluding hydrogens is 389 g/mol. The van der Waals surface area contributed by atoms with Gasteiger partial charge in [0.15, 0.2) is 11.8 Å². The van der Waals surface area contributed by atoms with Gasteiger partial charge in [-0.25, -0.2) is 0 Å². The second kappa shape index (κ2) is 8.90. The summed E-state index contributed by atoms with van der Waals surface area (Å²) in [5.74, 6) is 1.93. The maximum absolute atomic E-state index is 4.90. The van der Waals surface area contributed by atoms with Gasteiger partial charge in [-0.2, -0.15) is 4.98 Å². The third-order valence-corrected chi connectivity index (χ3v) is 3.39. The lowest BCUT2D eigenvalue weighted by Crippen LogP contribution is -2.38. The van der Waals surface area contributed by atoms with Gasteiger partial charge in [-0.3, -0.25) is 4.99 Å². The molecule has 20 heavy (non-hydrogen) atoms. The lowest BCUT2D eigenvalue weighted by atomic mass is 10.3. The maximum atomic E-state index is 4.90. The molecule has 0 saturated heterocycles. The number of thiophene rings is 1. The van der Waals surface area contributed by atoms with Crippen LogP contribution in [0.4, 0.5) is 0 Å². The number of nitrogens with zero attached hydrogens (tertiary/aromatic N) is 3. The first-order chi connectivity index (χ1) is 9.28. The van der Waals surface area contributed by atoms with Crippen molar-refractivity contribution in [3.63, 3.8) is 0 Å². The largest absolute Gasteiger partial charge is 0.356 e. The number of nitrogens with one attached hydrogen (secondary N) is 2. The van der Waals surface area contributed by atoms with Crippen LogP contribution in [0, 0.1) is 6.92 Å².